The number of amides is 1. The first kappa shape index (κ1) is 16.7. The number of aliphatic hydroxyl groups is 1. The summed E-state index contributed by atoms with van der Waals surface area (Å²) in [6.45, 7) is 8.81. The number of piperazine rings is 1. The van der Waals surface area contributed by atoms with E-state index in [2.05, 4.69) is 18.7 Å². The van der Waals surface area contributed by atoms with Gasteiger partial charge in [0, 0.05) is 38.8 Å². The predicted molar refractivity (Wildman–Crippen MR) is 82.1 cm³/mol. The van der Waals surface area contributed by atoms with E-state index < -0.39 is 0 Å². The molecule has 122 valence electrons. The van der Waals surface area contributed by atoms with Gasteiger partial charge in [0.05, 0.1) is 19.1 Å². The third kappa shape index (κ3) is 4.94. The Morgan fingerprint density at radius 3 is 2.52 bits per heavy atom. The average Bonchev–Trinajstić information content (AvgIpc) is 2.89. The van der Waals surface area contributed by atoms with Gasteiger partial charge >= 0.3 is 0 Å². The molecule has 0 aromatic carbocycles. The van der Waals surface area contributed by atoms with Crippen LogP contribution in [0, 0.1) is 5.92 Å². The summed E-state index contributed by atoms with van der Waals surface area (Å²) in [6.07, 6.45) is 3.46. The van der Waals surface area contributed by atoms with Crippen molar-refractivity contribution in [3.05, 3.63) is 0 Å². The minimum atomic E-state index is -0.170. The van der Waals surface area contributed by atoms with Gasteiger partial charge in [-0.2, -0.15) is 0 Å². The van der Waals surface area contributed by atoms with Crippen molar-refractivity contribution in [3.8, 4) is 0 Å². The fourth-order valence-electron chi connectivity index (χ4n) is 3.29. The van der Waals surface area contributed by atoms with Crippen molar-refractivity contribution in [2.45, 2.75) is 51.7 Å². The molecule has 2 rings (SSSR count). The second-order valence-corrected chi connectivity index (χ2v) is 6.70. The van der Waals surface area contributed by atoms with E-state index >= 15 is 0 Å². The van der Waals surface area contributed by atoms with Crippen LogP contribution in [0.5, 0.6) is 0 Å². The second kappa shape index (κ2) is 8.11. The fourth-order valence-corrected chi connectivity index (χ4v) is 3.29. The lowest BCUT2D eigenvalue weighted by molar-refractivity contribution is -0.134. The summed E-state index contributed by atoms with van der Waals surface area (Å²) in [5.41, 5.74) is 0. The Morgan fingerprint density at radius 1 is 1.24 bits per heavy atom. The topological polar surface area (TPSA) is 53.0 Å². The fraction of sp³-hybridized carbons (Fsp3) is 0.938. The number of carbonyl (C=O) groups is 1. The summed E-state index contributed by atoms with van der Waals surface area (Å²) < 4.78 is 5.48. The van der Waals surface area contributed by atoms with Gasteiger partial charge in [0.15, 0.2) is 0 Å². The van der Waals surface area contributed by atoms with Crippen molar-refractivity contribution >= 4 is 5.91 Å². The van der Waals surface area contributed by atoms with Gasteiger partial charge < -0.3 is 14.7 Å². The molecule has 1 N–H and O–H groups in total. The van der Waals surface area contributed by atoms with Crippen molar-refractivity contribution in [2.24, 2.45) is 5.92 Å². The number of hydrogen-bond donors (Lipinski definition) is 1. The molecule has 0 unspecified atom stereocenters. The van der Waals surface area contributed by atoms with Gasteiger partial charge in [-0.25, -0.2) is 0 Å². The molecule has 2 atom stereocenters. The Morgan fingerprint density at radius 2 is 1.95 bits per heavy atom. The standard InChI is InChI=1S/C16H30N2O3/c1-13(2)12-21-11-6-16(20)18-9-7-17(8-10-18)14-4-3-5-15(14)19/h13-15,19H,3-12H2,1-2H3/t14-,15+/m0/s1. The van der Waals surface area contributed by atoms with Gasteiger partial charge in [0.25, 0.3) is 0 Å². The van der Waals surface area contributed by atoms with Crippen LogP contribution < -0.4 is 0 Å². The van der Waals surface area contributed by atoms with Crippen LogP contribution in [0.4, 0.5) is 0 Å². The van der Waals surface area contributed by atoms with Crippen LogP contribution in [0.2, 0.25) is 0 Å². The SMILES string of the molecule is CC(C)COCCC(=O)N1CCN([C@H]2CCC[C@H]2O)CC1. The minimum absolute atomic E-state index is 0.170. The van der Waals surface area contributed by atoms with Gasteiger partial charge in [-0.05, 0) is 25.2 Å². The van der Waals surface area contributed by atoms with Crippen LogP contribution in [-0.2, 0) is 9.53 Å². The maximum atomic E-state index is 12.1. The highest BCUT2D eigenvalue weighted by Crippen LogP contribution is 2.25. The highest BCUT2D eigenvalue weighted by molar-refractivity contribution is 5.76. The number of nitrogens with zero attached hydrogens (tertiary/aromatic N) is 2. The van der Waals surface area contributed by atoms with Crippen molar-refractivity contribution in [2.75, 3.05) is 39.4 Å². The zero-order valence-electron chi connectivity index (χ0n) is 13.5. The van der Waals surface area contributed by atoms with E-state index in [0.717, 1.165) is 52.0 Å². The molecule has 0 radical (unpaired) electrons. The van der Waals surface area contributed by atoms with Crippen LogP contribution >= 0.6 is 0 Å². The predicted octanol–water partition coefficient (Wildman–Crippen LogP) is 1.11. The first-order valence-corrected chi connectivity index (χ1v) is 8.35. The van der Waals surface area contributed by atoms with E-state index in [1.807, 2.05) is 4.90 Å². The molecule has 1 heterocycles. The first-order chi connectivity index (χ1) is 10.1. The third-order valence-corrected chi connectivity index (χ3v) is 4.49. The number of ether oxygens (including phenoxy) is 1. The lowest BCUT2D eigenvalue weighted by Crippen LogP contribution is -2.53. The Bertz CT molecular complexity index is 327. The van der Waals surface area contributed by atoms with E-state index in [-0.39, 0.29) is 12.0 Å². The monoisotopic (exact) mass is 298 g/mol. The molecule has 1 saturated carbocycles. The van der Waals surface area contributed by atoms with Crippen LogP contribution in [0.3, 0.4) is 0 Å². The number of hydrogen-bond acceptors (Lipinski definition) is 4. The molecule has 0 bridgehead atoms. The van der Waals surface area contributed by atoms with Crippen LogP contribution in [0.15, 0.2) is 0 Å². The second-order valence-electron chi connectivity index (χ2n) is 6.70. The van der Waals surface area contributed by atoms with E-state index in [0.29, 0.717) is 25.0 Å². The molecular weight excluding hydrogens is 268 g/mol. The van der Waals surface area contributed by atoms with Gasteiger partial charge in [-0.3, -0.25) is 9.69 Å². The normalized spacial score (nSPS) is 27.5. The van der Waals surface area contributed by atoms with E-state index in [9.17, 15) is 9.90 Å². The molecule has 1 aliphatic heterocycles. The molecule has 1 aliphatic carbocycles. The summed E-state index contributed by atoms with van der Waals surface area (Å²) >= 11 is 0. The van der Waals surface area contributed by atoms with Crippen molar-refractivity contribution < 1.29 is 14.6 Å². The minimum Gasteiger partial charge on any atom is -0.391 e. The smallest absolute Gasteiger partial charge is 0.224 e. The molecule has 0 spiro atoms. The quantitative estimate of drug-likeness (QED) is 0.746. The number of carbonyl (C=O) groups excluding carboxylic acids is 1. The average molecular weight is 298 g/mol. The van der Waals surface area contributed by atoms with E-state index in [1.54, 1.807) is 0 Å². The molecule has 1 amide bonds. The first-order valence-electron chi connectivity index (χ1n) is 8.35. The molecule has 0 aromatic heterocycles. The van der Waals surface area contributed by atoms with Crippen LogP contribution in [0.1, 0.15) is 39.5 Å². The third-order valence-electron chi connectivity index (χ3n) is 4.49. The van der Waals surface area contributed by atoms with Gasteiger partial charge in [0.2, 0.25) is 5.91 Å². The molecule has 5 nitrogen and oxygen atoms in total. The molecule has 1 saturated heterocycles. The zero-order valence-corrected chi connectivity index (χ0v) is 13.5. The van der Waals surface area contributed by atoms with Gasteiger partial charge in [-0.15, -0.1) is 0 Å². The maximum absolute atomic E-state index is 12.1. The number of rotatable bonds is 6. The Kier molecular flexibility index (Phi) is 6.45. The van der Waals surface area contributed by atoms with Crippen LogP contribution in [-0.4, -0.2) is 72.4 Å². The highest BCUT2D eigenvalue weighted by atomic mass is 16.5. The largest absolute Gasteiger partial charge is 0.391 e. The van der Waals surface area contributed by atoms with Gasteiger partial charge in [0.1, 0.15) is 0 Å². The molecule has 21 heavy (non-hydrogen) atoms. The van der Waals surface area contributed by atoms with Gasteiger partial charge in [-0.1, -0.05) is 13.8 Å². The summed E-state index contributed by atoms with van der Waals surface area (Å²) in [4.78, 5) is 16.4. The Labute approximate surface area is 128 Å². The van der Waals surface area contributed by atoms with Crippen molar-refractivity contribution in [1.82, 2.24) is 9.80 Å². The van der Waals surface area contributed by atoms with Crippen molar-refractivity contribution in [1.29, 1.82) is 0 Å². The summed E-state index contributed by atoms with van der Waals surface area (Å²) in [5, 5.41) is 9.97. The Balaban J connectivity index is 1.65. The lowest BCUT2D eigenvalue weighted by Gasteiger charge is -2.39. The van der Waals surface area contributed by atoms with E-state index in [1.165, 1.54) is 0 Å². The molecule has 2 aliphatic rings. The number of aliphatic hydroxyl groups excluding tert-OH is 1. The van der Waals surface area contributed by atoms with E-state index in [4.69, 9.17) is 4.74 Å². The zero-order chi connectivity index (χ0) is 15.2. The van der Waals surface area contributed by atoms with Crippen molar-refractivity contribution in [3.63, 3.8) is 0 Å². The lowest BCUT2D eigenvalue weighted by atomic mass is 10.1. The molecule has 2 fully saturated rings. The highest BCUT2D eigenvalue weighted by Gasteiger charge is 2.33. The Hall–Kier alpha value is -0.650. The maximum Gasteiger partial charge on any atom is 0.224 e. The molecule has 5 heteroatoms. The van der Waals surface area contributed by atoms with Crippen LogP contribution in [0.25, 0.3) is 0 Å². The summed E-state index contributed by atoms with van der Waals surface area (Å²) in [5.74, 6) is 0.715. The molecule has 0 aromatic rings. The summed E-state index contributed by atoms with van der Waals surface area (Å²) in [6, 6.07) is 0.316. The summed E-state index contributed by atoms with van der Waals surface area (Å²) in [7, 11) is 0. The molecular formula is C16H30N2O3.